The molecular weight excluding hydrogens is 530 g/mol. The van der Waals surface area contributed by atoms with Gasteiger partial charge in [-0.25, -0.2) is 9.79 Å². The number of carboxylic acids is 1. The minimum atomic E-state index is -1.11. The second kappa shape index (κ2) is 14.6. The molecule has 0 aliphatic carbocycles. The molecule has 0 radical (unpaired) electrons. The lowest BCUT2D eigenvalue weighted by atomic mass is 10.1. The summed E-state index contributed by atoms with van der Waals surface area (Å²) in [6.45, 7) is 7.23. The van der Waals surface area contributed by atoms with Crippen LogP contribution < -0.4 is 4.74 Å². The fourth-order valence-electron chi connectivity index (χ4n) is 4.34. The Morgan fingerprint density at radius 1 is 0.900 bits per heavy atom. The molecule has 2 heterocycles. The van der Waals surface area contributed by atoms with Crippen molar-refractivity contribution in [1.82, 2.24) is 9.80 Å². The van der Waals surface area contributed by atoms with Crippen molar-refractivity contribution in [2.24, 2.45) is 4.99 Å². The van der Waals surface area contributed by atoms with E-state index < -0.39 is 11.9 Å². The van der Waals surface area contributed by atoms with Gasteiger partial charge in [-0.2, -0.15) is 0 Å². The van der Waals surface area contributed by atoms with Crippen LogP contribution in [0.3, 0.4) is 0 Å². The minimum Gasteiger partial charge on any atom is -0.478 e. The first-order valence-electron chi connectivity index (χ1n) is 13.1. The van der Waals surface area contributed by atoms with Crippen molar-refractivity contribution in [3.8, 4) is 5.75 Å². The molecule has 3 aromatic carbocycles. The molecule has 0 aromatic heterocycles. The predicted octanol–water partition coefficient (Wildman–Crippen LogP) is 4.17. The van der Waals surface area contributed by atoms with Crippen LogP contribution >= 0.6 is 11.8 Å². The second-order valence-electron chi connectivity index (χ2n) is 9.06. The Morgan fingerprint density at radius 3 is 2.30 bits per heavy atom. The number of piperazine rings is 1. The second-order valence-corrected chi connectivity index (χ2v) is 10.1. The highest BCUT2D eigenvalue weighted by Crippen LogP contribution is 2.40. The van der Waals surface area contributed by atoms with Gasteiger partial charge in [0.25, 0.3) is 0 Å². The molecular formula is C30H33N3O6S. The van der Waals surface area contributed by atoms with Crippen LogP contribution in [0.4, 0.5) is 5.69 Å². The molecule has 2 aliphatic rings. The number of esters is 1. The molecule has 1 fully saturated rings. The van der Waals surface area contributed by atoms with Crippen LogP contribution in [0, 0.1) is 0 Å². The van der Waals surface area contributed by atoms with Crippen molar-refractivity contribution in [2.75, 3.05) is 52.5 Å². The van der Waals surface area contributed by atoms with E-state index in [-0.39, 0.29) is 17.9 Å². The van der Waals surface area contributed by atoms with E-state index in [1.54, 1.807) is 23.9 Å². The number of ether oxygens (including phenoxy) is 2. The fourth-order valence-corrected chi connectivity index (χ4v) is 5.36. The third-order valence-electron chi connectivity index (χ3n) is 6.27. The summed E-state index contributed by atoms with van der Waals surface area (Å²) in [5, 5.41) is 17.5. The zero-order valence-electron chi connectivity index (χ0n) is 22.4. The van der Waals surface area contributed by atoms with E-state index in [4.69, 9.17) is 19.9 Å². The third kappa shape index (κ3) is 7.92. The number of hydrogen-bond donors (Lipinski definition) is 2. The molecule has 2 aliphatic heterocycles. The van der Waals surface area contributed by atoms with Gasteiger partial charge < -0.3 is 24.6 Å². The monoisotopic (exact) mass is 563 g/mol. The lowest BCUT2D eigenvalue weighted by Gasteiger charge is -2.36. The number of para-hydroxylation sites is 2. The number of aliphatic hydroxyl groups excluding tert-OH is 1. The number of fused-ring (bicyclic) bond motifs is 2. The van der Waals surface area contributed by atoms with Gasteiger partial charge in [0.1, 0.15) is 17.1 Å². The Kier molecular flexibility index (Phi) is 10.7. The first-order valence-corrected chi connectivity index (χ1v) is 13.9. The molecule has 210 valence electrons. The number of aromatic carboxylic acids is 1. The molecule has 1 saturated heterocycles. The summed E-state index contributed by atoms with van der Waals surface area (Å²) in [6, 6.07) is 22.9. The molecule has 0 amide bonds. The fraction of sp³-hybridized carbons (Fsp3) is 0.300. The van der Waals surface area contributed by atoms with Gasteiger partial charge in [-0.3, -0.25) is 9.69 Å². The number of aliphatic hydroxyl groups is 1. The first-order chi connectivity index (χ1) is 19.5. The van der Waals surface area contributed by atoms with Crippen molar-refractivity contribution < 1.29 is 29.3 Å². The Morgan fingerprint density at radius 2 is 1.57 bits per heavy atom. The molecule has 5 rings (SSSR count). The van der Waals surface area contributed by atoms with E-state index >= 15 is 0 Å². The van der Waals surface area contributed by atoms with Gasteiger partial charge in [0.15, 0.2) is 0 Å². The number of hydrogen-bond acceptors (Lipinski definition) is 9. The van der Waals surface area contributed by atoms with Gasteiger partial charge in [-0.05, 0) is 30.3 Å². The lowest BCUT2D eigenvalue weighted by molar-refractivity contribution is -0.131. The quantitative estimate of drug-likeness (QED) is 0.249. The van der Waals surface area contributed by atoms with Crippen LogP contribution in [0.2, 0.25) is 0 Å². The Labute approximate surface area is 238 Å². The summed E-state index contributed by atoms with van der Waals surface area (Å²) in [5.74, 6) is -0.493. The number of nitrogens with zero attached hydrogens (tertiary/aromatic N) is 3. The highest BCUT2D eigenvalue weighted by molar-refractivity contribution is 7.99. The standard InChI is InChI=1S/C21H25N3O2S.C9H8O4/c25-14-16-26-15-13-23-9-11-24(12-10-23)21-17-5-1-3-7-19(17)27-20-8-4-2-6-18(20)22-21;1-6(10)13-8-5-3-2-4-7(8)9(11)12/h1-8,25H,9-16H2;2-5H,1H3,(H,11,12). The number of aliphatic imine (C=N–C) groups is 1. The van der Waals surface area contributed by atoms with Crippen LogP contribution in [0.15, 0.2) is 87.6 Å². The molecule has 0 spiro atoms. The van der Waals surface area contributed by atoms with Gasteiger partial charge in [0.2, 0.25) is 0 Å². The normalized spacial score (nSPS) is 14.6. The average molecular weight is 564 g/mol. The van der Waals surface area contributed by atoms with E-state index in [1.165, 1.54) is 34.4 Å². The summed E-state index contributed by atoms with van der Waals surface area (Å²) < 4.78 is 10.1. The SMILES string of the molecule is CC(=O)Oc1ccccc1C(=O)O.OCCOCCN1CCN(C2=Nc3ccccc3Sc3ccccc32)CC1. The van der Waals surface area contributed by atoms with Gasteiger partial charge in [-0.15, -0.1) is 0 Å². The zero-order valence-corrected chi connectivity index (χ0v) is 23.2. The summed E-state index contributed by atoms with van der Waals surface area (Å²) in [6.07, 6.45) is 0. The van der Waals surface area contributed by atoms with Gasteiger partial charge in [-0.1, -0.05) is 54.2 Å². The largest absolute Gasteiger partial charge is 0.478 e. The Balaban J connectivity index is 0.000000240. The zero-order chi connectivity index (χ0) is 28.3. The van der Waals surface area contributed by atoms with Gasteiger partial charge in [0, 0.05) is 55.0 Å². The highest BCUT2D eigenvalue weighted by atomic mass is 32.2. The molecule has 0 saturated carbocycles. The van der Waals surface area contributed by atoms with Gasteiger partial charge >= 0.3 is 11.9 Å². The maximum absolute atomic E-state index is 10.6. The van der Waals surface area contributed by atoms with Crippen LogP contribution in [0.1, 0.15) is 22.8 Å². The van der Waals surface area contributed by atoms with Crippen LogP contribution in [-0.2, 0) is 9.53 Å². The molecule has 2 N–H and O–H groups in total. The van der Waals surface area contributed by atoms with Crippen LogP contribution in [-0.4, -0.2) is 90.3 Å². The van der Waals surface area contributed by atoms with E-state index in [1.807, 2.05) is 0 Å². The third-order valence-corrected chi connectivity index (χ3v) is 7.41. The van der Waals surface area contributed by atoms with Crippen molar-refractivity contribution >= 4 is 35.2 Å². The van der Waals surface area contributed by atoms with Crippen molar-refractivity contribution in [2.45, 2.75) is 16.7 Å². The summed E-state index contributed by atoms with van der Waals surface area (Å²) in [4.78, 5) is 33.5. The number of carbonyl (C=O) groups excluding carboxylic acids is 1. The maximum atomic E-state index is 10.6. The molecule has 0 unspecified atom stereocenters. The minimum absolute atomic E-state index is 0.0160. The first kappa shape index (κ1) is 29.3. The van der Waals surface area contributed by atoms with E-state index in [2.05, 4.69) is 63.1 Å². The van der Waals surface area contributed by atoms with Crippen molar-refractivity contribution in [3.63, 3.8) is 0 Å². The molecule has 0 bridgehead atoms. The Bertz CT molecular complexity index is 1340. The summed E-state index contributed by atoms with van der Waals surface area (Å²) >= 11 is 1.80. The Hall–Kier alpha value is -3.70. The highest BCUT2D eigenvalue weighted by Gasteiger charge is 2.25. The number of rotatable bonds is 7. The van der Waals surface area contributed by atoms with Gasteiger partial charge in [0.05, 0.1) is 25.5 Å². The summed E-state index contributed by atoms with van der Waals surface area (Å²) in [7, 11) is 0. The van der Waals surface area contributed by atoms with Crippen LogP contribution in [0.25, 0.3) is 0 Å². The maximum Gasteiger partial charge on any atom is 0.339 e. The number of benzene rings is 3. The smallest absolute Gasteiger partial charge is 0.339 e. The number of carboxylic acid groups (broad SMARTS) is 1. The molecule has 3 aromatic rings. The van der Waals surface area contributed by atoms with Crippen molar-refractivity contribution in [1.29, 1.82) is 0 Å². The van der Waals surface area contributed by atoms with Crippen LogP contribution in [0.5, 0.6) is 5.75 Å². The molecule has 40 heavy (non-hydrogen) atoms. The number of carbonyl (C=O) groups is 2. The summed E-state index contributed by atoms with van der Waals surface area (Å²) in [5.41, 5.74) is 2.25. The van der Waals surface area contributed by atoms with E-state index in [0.29, 0.717) is 13.2 Å². The molecule has 0 atom stereocenters. The van der Waals surface area contributed by atoms with E-state index in [0.717, 1.165) is 44.2 Å². The van der Waals surface area contributed by atoms with Crippen molar-refractivity contribution in [3.05, 3.63) is 83.9 Å². The topological polar surface area (TPSA) is 112 Å². The predicted molar refractivity (Wildman–Crippen MR) is 154 cm³/mol. The molecule has 9 nitrogen and oxygen atoms in total. The number of amidine groups is 1. The molecule has 10 heteroatoms. The lowest BCUT2D eigenvalue weighted by Crippen LogP contribution is -2.49. The van der Waals surface area contributed by atoms with E-state index in [9.17, 15) is 9.59 Å². The average Bonchev–Trinajstić information content (AvgIpc) is 3.13.